The van der Waals surface area contributed by atoms with Crippen molar-refractivity contribution >= 4 is 0 Å². The Kier molecular flexibility index (Phi) is 13.2. The number of nitrogens with zero attached hydrogens (tertiary/aromatic N) is 7. The predicted molar refractivity (Wildman–Crippen MR) is 172 cm³/mol. The van der Waals surface area contributed by atoms with Crippen molar-refractivity contribution in [2.75, 3.05) is 138 Å². The van der Waals surface area contributed by atoms with Crippen molar-refractivity contribution < 1.29 is 0 Å². The van der Waals surface area contributed by atoms with Crippen LogP contribution in [0.2, 0.25) is 0 Å². The monoisotopic (exact) mass is 568 g/mol. The Morgan fingerprint density at radius 2 is 0.878 bits per heavy atom. The summed E-state index contributed by atoms with van der Waals surface area (Å²) < 4.78 is 0. The Balaban J connectivity index is 1.11. The molecule has 0 aliphatic carbocycles. The lowest BCUT2D eigenvalue weighted by Gasteiger charge is -2.36. The predicted octanol–water partition coefficient (Wildman–Crippen LogP) is 1.63. The molecule has 1 N–H and O–H groups in total. The van der Waals surface area contributed by atoms with Gasteiger partial charge < -0.3 is 29.8 Å². The molecule has 6 aliphatic rings. The first-order valence-electron chi connectivity index (χ1n) is 17.0. The van der Waals surface area contributed by atoms with Crippen LogP contribution >= 0.6 is 0 Å². The number of hydrogen-bond donors (Lipinski definition) is 1. The van der Waals surface area contributed by atoms with E-state index in [1.807, 2.05) is 0 Å². The Labute approximate surface area is 251 Å². The van der Waals surface area contributed by atoms with Crippen LogP contribution in [0.3, 0.4) is 0 Å². The lowest BCUT2D eigenvalue weighted by Crippen LogP contribution is -2.48. The molecule has 41 heavy (non-hydrogen) atoms. The van der Waals surface area contributed by atoms with Gasteiger partial charge in [-0.3, -0.25) is 9.80 Å². The fourth-order valence-electron chi connectivity index (χ4n) is 7.09. The molecule has 232 valence electrons. The summed E-state index contributed by atoms with van der Waals surface area (Å²) in [5, 5.41) is 3.72. The molecule has 6 aliphatic heterocycles. The molecule has 8 nitrogen and oxygen atoms in total. The van der Waals surface area contributed by atoms with Gasteiger partial charge in [0.25, 0.3) is 0 Å². The van der Waals surface area contributed by atoms with E-state index >= 15 is 0 Å². The average Bonchev–Trinajstić information content (AvgIpc) is 2.99. The molecule has 6 saturated heterocycles. The summed E-state index contributed by atoms with van der Waals surface area (Å²) in [6.07, 6.45) is 5.12. The van der Waals surface area contributed by atoms with E-state index in [1.165, 1.54) is 142 Å². The van der Waals surface area contributed by atoms with Crippen molar-refractivity contribution in [3.8, 4) is 0 Å². The number of likely N-dealkylation sites (N-methyl/N-ethyl adjacent to an activating group) is 1. The lowest BCUT2D eigenvalue weighted by atomic mass is 10.1. The maximum Gasteiger partial charge on any atom is 0.0234 e. The van der Waals surface area contributed by atoms with Crippen LogP contribution in [0.15, 0.2) is 24.3 Å². The number of piperazine rings is 2. The second-order valence-electron chi connectivity index (χ2n) is 13.2. The van der Waals surface area contributed by atoms with Gasteiger partial charge in [0.05, 0.1) is 0 Å². The molecular formula is C33H60N8. The van der Waals surface area contributed by atoms with Crippen molar-refractivity contribution in [3.05, 3.63) is 35.4 Å². The molecule has 0 atom stereocenters. The normalized spacial score (nSPS) is 31.4. The Morgan fingerprint density at radius 1 is 0.439 bits per heavy atom. The Hall–Kier alpha value is -1.10. The first-order chi connectivity index (χ1) is 20.2. The van der Waals surface area contributed by atoms with E-state index in [-0.39, 0.29) is 0 Å². The van der Waals surface area contributed by atoms with Crippen molar-refractivity contribution in [1.82, 2.24) is 39.6 Å². The average molecular weight is 569 g/mol. The van der Waals surface area contributed by atoms with E-state index in [2.05, 4.69) is 70.9 Å². The highest BCUT2D eigenvalue weighted by Crippen LogP contribution is 2.13. The summed E-state index contributed by atoms with van der Waals surface area (Å²) in [6.45, 7) is 26.5. The van der Waals surface area contributed by atoms with Crippen LogP contribution in [0.1, 0.15) is 36.8 Å². The van der Waals surface area contributed by atoms with Crippen LogP contribution in [0, 0.1) is 0 Å². The molecule has 1 aromatic carbocycles. The largest absolute Gasteiger partial charge is 0.315 e. The van der Waals surface area contributed by atoms with Gasteiger partial charge in [0.2, 0.25) is 0 Å². The number of rotatable bonds is 4. The van der Waals surface area contributed by atoms with Gasteiger partial charge in [0.1, 0.15) is 0 Å². The lowest BCUT2D eigenvalue weighted by molar-refractivity contribution is 0.115. The van der Waals surface area contributed by atoms with E-state index in [0.717, 1.165) is 39.3 Å². The van der Waals surface area contributed by atoms with Crippen LogP contribution in [0.5, 0.6) is 0 Å². The molecule has 6 fully saturated rings. The molecule has 0 unspecified atom stereocenters. The van der Waals surface area contributed by atoms with Crippen LogP contribution in [-0.4, -0.2) is 172 Å². The van der Waals surface area contributed by atoms with Gasteiger partial charge in [-0.05, 0) is 96.2 Å². The first kappa shape index (κ1) is 31.3. The summed E-state index contributed by atoms with van der Waals surface area (Å²) in [7, 11) is 2.31. The van der Waals surface area contributed by atoms with Crippen LogP contribution in [0.4, 0.5) is 0 Å². The molecule has 0 radical (unpaired) electrons. The zero-order chi connectivity index (χ0) is 28.1. The molecule has 6 heterocycles. The van der Waals surface area contributed by atoms with Crippen LogP contribution in [-0.2, 0) is 13.1 Å². The maximum atomic E-state index is 3.72. The summed E-state index contributed by atoms with van der Waals surface area (Å²) in [5.41, 5.74) is 2.93. The Bertz CT molecular complexity index is 831. The standard InChI is InChI=1S/C33H60N8/c1-35-12-3-14-37-26-28-39(29-27-37)16-5-18-41(21-20-35)31-33-8-6-32(7-9-33)30-40-17-4-15-38-24-22-36(23-25-38)13-2-10-34-11-19-40/h6-9,34H,2-5,10-31H2,1H3. The third-order valence-electron chi connectivity index (χ3n) is 9.91. The summed E-state index contributed by atoms with van der Waals surface area (Å²) in [6, 6.07) is 9.63. The summed E-state index contributed by atoms with van der Waals surface area (Å²) in [5.74, 6) is 0. The SMILES string of the molecule is CN1CCCN2CCN(CCCN(Cc3ccc(CN4CCCN5CCN(CCCNCC4)CC5)cc3)CC1)CC2. The smallest absolute Gasteiger partial charge is 0.0234 e. The highest BCUT2D eigenvalue weighted by atomic mass is 15.3. The van der Waals surface area contributed by atoms with Gasteiger partial charge in [0, 0.05) is 91.6 Å². The molecule has 7 rings (SSSR count). The zero-order valence-corrected chi connectivity index (χ0v) is 26.3. The Morgan fingerprint density at radius 3 is 1.39 bits per heavy atom. The van der Waals surface area contributed by atoms with E-state index in [0.29, 0.717) is 0 Å². The van der Waals surface area contributed by atoms with E-state index in [4.69, 9.17) is 0 Å². The van der Waals surface area contributed by atoms with Gasteiger partial charge in [-0.1, -0.05) is 24.3 Å². The quantitative estimate of drug-likeness (QED) is 0.588. The summed E-state index contributed by atoms with van der Waals surface area (Å²) in [4.78, 5) is 18.6. The molecule has 1 aromatic rings. The van der Waals surface area contributed by atoms with E-state index in [1.54, 1.807) is 0 Å². The molecule has 0 amide bonds. The number of hydrogen-bond acceptors (Lipinski definition) is 8. The molecule has 0 saturated carbocycles. The topological polar surface area (TPSA) is 34.7 Å². The van der Waals surface area contributed by atoms with Crippen molar-refractivity contribution in [3.63, 3.8) is 0 Å². The minimum Gasteiger partial charge on any atom is -0.315 e. The molecule has 0 aromatic heterocycles. The van der Waals surface area contributed by atoms with Crippen LogP contribution in [0.25, 0.3) is 0 Å². The highest BCUT2D eigenvalue weighted by molar-refractivity contribution is 5.22. The second kappa shape index (κ2) is 17.3. The van der Waals surface area contributed by atoms with E-state index < -0.39 is 0 Å². The minimum atomic E-state index is 1.07. The number of nitrogens with one attached hydrogen (secondary N) is 1. The molecule has 8 heteroatoms. The van der Waals surface area contributed by atoms with Gasteiger partial charge in [-0.25, -0.2) is 0 Å². The van der Waals surface area contributed by atoms with Gasteiger partial charge in [0.15, 0.2) is 0 Å². The van der Waals surface area contributed by atoms with Gasteiger partial charge in [-0.15, -0.1) is 0 Å². The summed E-state index contributed by atoms with van der Waals surface area (Å²) >= 11 is 0. The first-order valence-corrected chi connectivity index (χ1v) is 17.0. The minimum absolute atomic E-state index is 1.07. The fourth-order valence-corrected chi connectivity index (χ4v) is 7.09. The van der Waals surface area contributed by atoms with Gasteiger partial charge in [-0.2, -0.15) is 0 Å². The highest BCUT2D eigenvalue weighted by Gasteiger charge is 2.19. The third-order valence-corrected chi connectivity index (χ3v) is 9.91. The van der Waals surface area contributed by atoms with Crippen molar-refractivity contribution in [2.45, 2.75) is 38.8 Å². The van der Waals surface area contributed by atoms with Gasteiger partial charge >= 0.3 is 0 Å². The number of fused-ring (bicyclic) bond motifs is 22. The zero-order valence-electron chi connectivity index (χ0n) is 26.3. The molecule has 4 bridgehead atoms. The van der Waals surface area contributed by atoms with E-state index in [9.17, 15) is 0 Å². The van der Waals surface area contributed by atoms with Crippen molar-refractivity contribution in [2.24, 2.45) is 0 Å². The molecule has 0 spiro atoms. The van der Waals surface area contributed by atoms with Crippen molar-refractivity contribution in [1.29, 1.82) is 0 Å². The fraction of sp³-hybridized carbons (Fsp3) is 0.818. The molecular weight excluding hydrogens is 508 g/mol. The second-order valence-corrected chi connectivity index (χ2v) is 13.2. The van der Waals surface area contributed by atoms with Crippen LogP contribution < -0.4 is 5.32 Å². The number of benzene rings is 1. The third kappa shape index (κ3) is 11.2. The maximum absolute atomic E-state index is 3.72.